The van der Waals surface area contributed by atoms with Crippen LogP contribution in [0.2, 0.25) is 0 Å². The van der Waals surface area contributed by atoms with Crippen molar-refractivity contribution in [2.45, 2.75) is 0 Å². The molecule has 0 unspecified atom stereocenters. The maximum Gasteiger partial charge on any atom is 0.176 e. The predicted octanol–water partition coefficient (Wildman–Crippen LogP) is -0.161. The molecule has 0 fully saturated rings. The largest absolute Gasteiger partial charge is 1.00 e. The second kappa shape index (κ2) is 5.83. The van der Waals surface area contributed by atoms with Crippen molar-refractivity contribution in [3.8, 4) is 11.5 Å². The molecule has 1 heterocycles. The molecular formula is C16H16INO2. The van der Waals surface area contributed by atoms with Gasteiger partial charge in [0.05, 0.1) is 14.2 Å². The van der Waals surface area contributed by atoms with Crippen molar-refractivity contribution in [3.63, 3.8) is 0 Å². The molecule has 0 aliphatic rings. The van der Waals surface area contributed by atoms with Gasteiger partial charge in [0.15, 0.2) is 23.9 Å². The molecule has 0 saturated heterocycles. The van der Waals surface area contributed by atoms with E-state index in [0.717, 1.165) is 22.3 Å². The maximum atomic E-state index is 5.49. The Morgan fingerprint density at radius 2 is 1.70 bits per heavy atom. The molecule has 0 saturated carbocycles. The molecule has 0 spiro atoms. The Morgan fingerprint density at radius 1 is 0.900 bits per heavy atom. The highest BCUT2D eigenvalue weighted by Gasteiger charge is 2.10. The van der Waals surface area contributed by atoms with Gasteiger partial charge >= 0.3 is 0 Å². The predicted molar refractivity (Wildman–Crippen MR) is 75.7 cm³/mol. The molecule has 20 heavy (non-hydrogen) atoms. The molecule has 0 bridgehead atoms. The number of rotatable bonds is 2. The lowest BCUT2D eigenvalue weighted by atomic mass is 10.0. The van der Waals surface area contributed by atoms with Gasteiger partial charge in [-0.3, -0.25) is 0 Å². The molecule has 104 valence electrons. The van der Waals surface area contributed by atoms with Gasteiger partial charge in [-0.25, -0.2) is 4.57 Å². The Bertz CT molecular complexity index is 771. The molecule has 0 aliphatic carbocycles. The third-order valence-corrected chi connectivity index (χ3v) is 3.39. The summed E-state index contributed by atoms with van der Waals surface area (Å²) in [4.78, 5) is 0. The Kier molecular flexibility index (Phi) is 4.32. The molecule has 0 aliphatic heterocycles. The van der Waals surface area contributed by atoms with E-state index in [1.165, 1.54) is 10.8 Å². The van der Waals surface area contributed by atoms with Crippen molar-refractivity contribution in [1.82, 2.24) is 0 Å². The highest BCUT2D eigenvalue weighted by Crippen LogP contribution is 2.36. The monoisotopic (exact) mass is 381 g/mol. The topological polar surface area (TPSA) is 22.3 Å². The number of nitrogens with zero attached hydrogens (tertiary/aromatic N) is 1. The summed E-state index contributed by atoms with van der Waals surface area (Å²) >= 11 is 0. The van der Waals surface area contributed by atoms with Gasteiger partial charge in [0, 0.05) is 16.8 Å². The summed E-state index contributed by atoms with van der Waals surface area (Å²) in [7, 11) is 5.36. The molecule has 1 aromatic heterocycles. The Balaban J connectivity index is 0.00000147. The van der Waals surface area contributed by atoms with Crippen molar-refractivity contribution in [2.75, 3.05) is 14.2 Å². The van der Waals surface area contributed by atoms with Crippen molar-refractivity contribution in [1.29, 1.82) is 0 Å². The molecule has 0 N–H and O–H groups in total. The Labute approximate surface area is 135 Å². The van der Waals surface area contributed by atoms with E-state index in [-0.39, 0.29) is 24.0 Å². The van der Waals surface area contributed by atoms with Gasteiger partial charge in [0.25, 0.3) is 0 Å². The van der Waals surface area contributed by atoms with Crippen LogP contribution in [0.3, 0.4) is 0 Å². The van der Waals surface area contributed by atoms with Gasteiger partial charge in [-0.2, -0.15) is 0 Å². The van der Waals surface area contributed by atoms with Gasteiger partial charge in [0.1, 0.15) is 7.05 Å². The summed E-state index contributed by atoms with van der Waals surface area (Å²) in [6.07, 6.45) is 4.16. The maximum absolute atomic E-state index is 5.49. The van der Waals surface area contributed by atoms with Crippen LogP contribution in [0.5, 0.6) is 11.5 Å². The summed E-state index contributed by atoms with van der Waals surface area (Å²) in [5.41, 5.74) is 0. The van der Waals surface area contributed by atoms with Gasteiger partial charge in [0.2, 0.25) is 0 Å². The van der Waals surface area contributed by atoms with Crippen LogP contribution in [0, 0.1) is 0 Å². The van der Waals surface area contributed by atoms with Crippen molar-refractivity contribution >= 4 is 21.5 Å². The second-order valence-electron chi connectivity index (χ2n) is 4.61. The van der Waals surface area contributed by atoms with Crippen LogP contribution in [0.25, 0.3) is 21.5 Å². The smallest absolute Gasteiger partial charge is 0.176 e. The summed E-state index contributed by atoms with van der Waals surface area (Å²) in [6.45, 7) is 0. The molecule has 4 heteroatoms. The lowest BCUT2D eigenvalue weighted by molar-refractivity contribution is -0.670. The lowest BCUT2D eigenvalue weighted by Gasteiger charge is -2.11. The first-order valence-corrected chi connectivity index (χ1v) is 6.16. The minimum atomic E-state index is 0. The average molecular weight is 381 g/mol. The second-order valence-corrected chi connectivity index (χ2v) is 4.61. The fourth-order valence-corrected chi connectivity index (χ4v) is 2.45. The van der Waals surface area contributed by atoms with Crippen LogP contribution in [-0.2, 0) is 7.05 Å². The first kappa shape index (κ1) is 14.8. The fourth-order valence-electron chi connectivity index (χ4n) is 2.45. The number of methoxy groups -OCH3 is 2. The molecule has 0 amide bonds. The molecule has 3 aromatic rings. The van der Waals surface area contributed by atoms with Crippen LogP contribution >= 0.6 is 0 Å². The minimum Gasteiger partial charge on any atom is -1.00 e. The van der Waals surface area contributed by atoms with E-state index in [1.54, 1.807) is 14.2 Å². The standard InChI is InChI=1S/C16H16NO2.HI/c1-17-7-6-11-9-14-12(8-13(11)10-17)4-5-15(18-2)16(14)19-3;/h4-10H,1-3H3;1H/q+1;/p-1. The van der Waals surface area contributed by atoms with Crippen LogP contribution in [0.4, 0.5) is 0 Å². The van der Waals surface area contributed by atoms with E-state index in [0.29, 0.717) is 0 Å². The van der Waals surface area contributed by atoms with E-state index in [9.17, 15) is 0 Å². The summed E-state index contributed by atoms with van der Waals surface area (Å²) in [6, 6.07) is 10.4. The van der Waals surface area contributed by atoms with E-state index in [1.807, 2.05) is 19.3 Å². The van der Waals surface area contributed by atoms with Gasteiger partial charge in [-0.05, 0) is 29.0 Å². The molecule has 0 radical (unpaired) electrons. The molecule has 3 rings (SSSR count). The number of fused-ring (bicyclic) bond motifs is 2. The number of hydrogen-bond acceptors (Lipinski definition) is 2. The van der Waals surface area contributed by atoms with Crippen molar-refractivity contribution in [2.24, 2.45) is 7.05 Å². The minimum absolute atomic E-state index is 0. The number of ether oxygens (including phenoxy) is 2. The first-order chi connectivity index (χ1) is 9.22. The first-order valence-electron chi connectivity index (χ1n) is 6.16. The molecule has 2 aromatic carbocycles. The number of aromatic nitrogens is 1. The van der Waals surface area contributed by atoms with Crippen molar-refractivity contribution < 1.29 is 38.0 Å². The van der Waals surface area contributed by atoms with Gasteiger partial charge in [-0.15, -0.1) is 0 Å². The van der Waals surface area contributed by atoms with E-state index in [2.05, 4.69) is 35.0 Å². The van der Waals surface area contributed by atoms with Crippen LogP contribution in [0.15, 0.2) is 42.7 Å². The Hall–Kier alpha value is -1.56. The number of pyridine rings is 1. The normalized spacial score (nSPS) is 10.3. The summed E-state index contributed by atoms with van der Waals surface area (Å²) in [5, 5.41) is 4.63. The highest BCUT2D eigenvalue weighted by molar-refractivity contribution is 6.01. The van der Waals surface area contributed by atoms with Crippen LogP contribution < -0.4 is 38.0 Å². The third kappa shape index (κ3) is 2.40. The zero-order valence-electron chi connectivity index (χ0n) is 11.7. The van der Waals surface area contributed by atoms with Gasteiger partial charge in [-0.1, -0.05) is 6.07 Å². The fraction of sp³-hybridized carbons (Fsp3) is 0.188. The highest BCUT2D eigenvalue weighted by atomic mass is 127. The zero-order chi connectivity index (χ0) is 13.4. The molecule has 3 nitrogen and oxygen atoms in total. The van der Waals surface area contributed by atoms with E-state index < -0.39 is 0 Å². The van der Waals surface area contributed by atoms with E-state index >= 15 is 0 Å². The lowest BCUT2D eigenvalue weighted by Crippen LogP contribution is -3.00. The molecular weight excluding hydrogens is 365 g/mol. The summed E-state index contributed by atoms with van der Waals surface area (Å²) in [5.74, 6) is 1.55. The number of benzene rings is 2. The Morgan fingerprint density at radius 3 is 2.40 bits per heavy atom. The SMILES string of the molecule is COc1ccc2cc3c[n+](C)ccc3cc2c1OC.[I-]. The van der Waals surface area contributed by atoms with Gasteiger partial charge < -0.3 is 33.5 Å². The van der Waals surface area contributed by atoms with Crippen LogP contribution in [0.1, 0.15) is 0 Å². The van der Waals surface area contributed by atoms with E-state index in [4.69, 9.17) is 9.47 Å². The van der Waals surface area contributed by atoms with Crippen LogP contribution in [-0.4, -0.2) is 14.2 Å². The number of aryl methyl sites for hydroxylation is 1. The zero-order valence-corrected chi connectivity index (χ0v) is 13.8. The summed E-state index contributed by atoms with van der Waals surface area (Å²) < 4.78 is 12.9. The van der Waals surface area contributed by atoms with Crippen molar-refractivity contribution in [3.05, 3.63) is 42.7 Å². The number of hydrogen-bond donors (Lipinski definition) is 0. The number of halogens is 1. The average Bonchev–Trinajstić information content (AvgIpc) is 2.43. The molecule has 0 atom stereocenters. The quantitative estimate of drug-likeness (QED) is 0.350. The third-order valence-electron chi connectivity index (χ3n) is 3.39.